The van der Waals surface area contributed by atoms with Crippen LogP contribution in [0.4, 0.5) is 4.39 Å². The van der Waals surface area contributed by atoms with Crippen molar-refractivity contribution in [2.45, 2.75) is 6.92 Å². The predicted octanol–water partition coefficient (Wildman–Crippen LogP) is 3.01. The number of hydrogen-bond donors (Lipinski definition) is 0. The SMILES string of the molecule is Cc1ccncc1-c1cccc(C=O)c1F. The Morgan fingerprint density at radius 3 is 2.75 bits per heavy atom. The standard InChI is InChI=1S/C13H10FNO/c1-9-5-6-15-7-12(9)11-4-2-3-10(8-16)13(11)14/h2-8H,1H3. The number of aryl methyl sites for hydroxylation is 1. The molecule has 0 radical (unpaired) electrons. The van der Waals surface area contributed by atoms with Gasteiger partial charge in [0.15, 0.2) is 6.29 Å². The molecule has 0 amide bonds. The molecule has 2 nitrogen and oxygen atoms in total. The van der Waals surface area contributed by atoms with Crippen molar-refractivity contribution in [3.8, 4) is 11.1 Å². The van der Waals surface area contributed by atoms with Crippen molar-refractivity contribution < 1.29 is 9.18 Å². The molecule has 1 aromatic carbocycles. The topological polar surface area (TPSA) is 30.0 Å². The highest BCUT2D eigenvalue weighted by molar-refractivity contribution is 5.80. The Morgan fingerprint density at radius 2 is 2.06 bits per heavy atom. The number of hydrogen-bond acceptors (Lipinski definition) is 2. The summed E-state index contributed by atoms with van der Waals surface area (Å²) in [5.74, 6) is -0.492. The van der Waals surface area contributed by atoms with Gasteiger partial charge in [0, 0.05) is 23.5 Å². The summed E-state index contributed by atoms with van der Waals surface area (Å²) in [4.78, 5) is 14.6. The fraction of sp³-hybridized carbons (Fsp3) is 0.0769. The van der Waals surface area contributed by atoms with E-state index in [1.54, 1.807) is 24.5 Å². The van der Waals surface area contributed by atoms with Crippen LogP contribution in [0, 0.1) is 12.7 Å². The Kier molecular flexibility index (Phi) is 2.77. The number of nitrogens with zero attached hydrogens (tertiary/aromatic N) is 1. The van der Waals surface area contributed by atoms with Gasteiger partial charge in [-0.05, 0) is 24.6 Å². The summed E-state index contributed by atoms with van der Waals surface area (Å²) in [6.07, 6.45) is 3.77. The highest BCUT2D eigenvalue weighted by Gasteiger charge is 2.10. The molecule has 0 unspecified atom stereocenters. The second-order valence-corrected chi connectivity index (χ2v) is 3.52. The molecule has 0 spiro atoms. The summed E-state index contributed by atoms with van der Waals surface area (Å²) >= 11 is 0. The van der Waals surface area contributed by atoms with Crippen LogP contribution in [-0.2, 0) is 0 Å². The van der Waals surface area contributed by atoms with Crippen molar-refractivity contribution in [1.29, 1.82) is 0 Å². The van der Waals surface area contributed by atoms with Crippen LogP contribution in [0.25, 0.3) is 11.1 Å². The third-order valence-corrected chi connectivity index (χ3v) is 2.48. The predicted molar refractivity (Wildman–Crippen MR) is 59.8 cm³/mol. The first-order chi connectivity index (χ1) is 7.74. The van der Waals surface area contributed by atoms with E-state index in [1.807, 2.05) is 13.0 Å². The number of aromatic nitrogens is 1. The van der Waals surface area contributed by atoms with Gasteiger partial charge in [-0.1, -0.05) is 12.1 Å². The molecule has 0 aliphatic rings. The minimum absolute atomic E-state index is 0.0701. The van der Waals surface area contributed by atoms with Crippen molar-refractivity contribution in [3.05, 3.63) is 53.6 Å². The molecular formula is C13H10FNO. The zero-order valence-electron chi connectivity index (χ0n) is 8.77. The van der Waals surface area contributed by atoms with E-state index in [0.29, 0.717) is 17.4 Å². The van der Waals surface area contributed by atoms with Gasteiger partial charge < -0.3 is 0 Å². The van der Waals surface area contributed by atoms with Gasteiger partial charge in [0.2, 0.25) is 0 Å². The van der Waals surface area contributed by atoms with E-state index in [1.165, 1.54) is 6.07 Å². The molecular weight excluding hydrogens is 205 g/mol. The summed E-state index contributed by atoms with van der Waals surface area (Å²) < 4.78 is 13.9. The molecule has 80 valence electrons. The van der Waals surface area contributed by atoms with E-state index in [9.17, 15) is 9.18 Å². The van der Waals surface area contributed by atoms with Gasteiger partial charge in [-0.15, -0.1) is 0 Å². The van der Waals surface area contributed by atoms with E-state index < -0.39 is 5.82 Å². The number of carbonyl (C=O) groups excluding carboxylic acids is 1. The molecule has 0 atom stereocenters. The molecule has 16 heavy (non-hydrogen) atoms. The first kappa shape index (κ1) is 10.5. The van der Waals surface area contributed by atoms with Gasteiger partial charge in [0.25, 0.3) is 0 Å². The summed E-state index contributed by atoms with van der Waals surface area (Å²) in [7, 11) is 0. The van der Waals surface area contributed by atoms with Gasteiger partial charge in [-0.3, -0.25) is 9.78 Å². The molecule has 1 heterocycles. The van der Waals surface area contributed by atoms with Gasteiger partial charge in [-0.2, -0.15) is 0 Å². The lowest BCUT2D eigenvalue weighted by Crippen LogP contribution is -1.93. The molecule has 1 aromatic heterocycles. The lowest BCUT2D eigenvalue weighted by molar-refractivity contribution is 0.112. The minimum Gasteiger partial charge on any atom is -0.298 e. The highest BCUT2D eigenvalue weighted by atomic mass is 19.1. The number of carbonyl (C=O) groups is 1. The summed E-state index contributed by atoms with van der Waals surface area (Å²) in [6.45, 7) is 1.88. The van der Waals surface area contributed by atoms with E-state index in [4.69, 9.17) is 0 Å². The lowest BCUT2D eigenvalue weighted by atomic mass is 10.0. The first-order valence-corrected chi connectivity index (χ1v) is 4.88. The van der Waals surface area contributed by atoms with E-state index >= 15 is 0 Å². The smallest absolute Gasteiger partial charge is 0.153 e. The lowest BCUT2D eigenvalue weighted by Gasteiger charge is -2.07. The van der Waals surface area contributed by atoms with Gasteiger partial charge in [0.05, 0.1) is 5.56 Å². The fourth-order valence-corrected chi connectivity index (χ4v) is 1.59. The summed E-state index contributed by atoms with van der Waals surface area (Å²) in [5, 5.41) is 0. The zero-order valence-corrected chi connectivity index (χ0v) is 8.77. The molecule has 3 heteroatoms. The molecule has 2 rings (SSSR count). The first-order valence-electron chi connectivity index (χ1n) is 4.88. The van der Waals surface area contributed by atoms with Crippen LogP contribution >= 0.6 is 0 Å². The van der Waals surface area contributed by atoms with Crippen molar-refractivity contribution in [2.75, 3.05) is 0 Å². The fourth-order valence-electron chi connectivity index (χ4n) is 1.59. The van der Waals surface area contributed by atoms with Crippen molar-refractivity contribution in [3.63, 3.8) is 0 Å². The zero-order chi connectivity index (χ0) is 11.5. The molecule has 0 saturated carbocycles. The Morgan fingerprint density at radius 1 is 1.25 bits per heavy atom. The van der Waals surface area contributed by atoms with E-state index in [0.717, 1.165) is 5.56 Å². The largest absolute Gasteiger partial charge is 0.298 e. The minimum atomic E-state index is -0.492. The maximum atomic E-state index is 13.9. The number of benzene rings is 1. The van der Waals surface area contributed by atoms with Crippen molar-refractivity contribution >= 4 is 6.29 Å². The monoisotopic (exact) mass is 215 g/mol. The molecule has 2 aromatic rings. The number of aldehydes is 1. The normalized spacial score (nSPS) is 10.1. The van der Waals surface area contributed by atoms with Crippen LogP contribution < -0.4 is 0 Å². The maximum absolute atomic E-state index is 13.9. The van der Waals surface area contributed by atoms with Crippen LogP contribution in [0.5, 0.6) is 0 Å². The number of pyridine rings is 1. The number of rotatable bonds is 2. The third kappa shape index (κ3) is 1.72. The van der Waals surface area contributed by atoms with E-state index in [2.05, 4.69) is 4.98 Å². The molecule has 0 saturated heterocycles. The third-order valence-electron chi connectivity index (χ3n) is 2.48. The van der Waals surface area contributed by atoms with Crippen LogP contribution in [-0.4, -0.2) is 11.3 Å². The Balaban J connectivity index is 2.65. The summed E-state index contributed by atoms with van der Waals surface area (Å²) in [6, 6.07) is 6.57. The molecule has 0 aliphatic carbocycles. The van der Waals surface area contributed by atoms with Crippen molar-refractivity contribution in [2.24, 2.45) is 0 Å². The molecule has 0 N–H and O–H groups in total. The quantitative estimate of drug-likeness (QED) is 0.721. The molecule has 0 bridgehead atoms. The maximum Gasteiger partial charge on any atom is 0.153 e. The second kappa shape index (κ2) is 4.23. The van der Waals surface area contributed by atoms with E-state index in [-0.39, 0.29) is 5.56 Å². The second-order valence-electron chi connectivity index (χ2n) is 3.52. The Hall–Kier alpha value is -2.03. The van der Waals surface area contributed by atoms with Crippen molar-refractivity contribution in [1.82, 2.24) is 4.98 Å². The van der Waals surface area contributed by atoms with Crippen LogP contribution in [0.15, 0.2) is 36.7 Å². The van der Waals surface area contributed by atoms with Gasteiger partial charge in [0.1, 0.15) is 5.82 Å². The van der Waals surface area contributed by atoms with Gasteiger partial charge >= 0.3 is 0 Å². The van der Waals surface area contributed by atoms with Gasteiger partial charge in [-0.25, -0.2) is 4.39 Å². The molecule has 0 aliphatic heterocycles. The highest BCUT2D eigenvalue weighted by Crippen LogP contribution is 2.26. The average Bonchev–Trinajstić information content (AvgIpc) is 2.31. The number of halogens is 1. The van der Waals surface area contributed by atoms with Crippen LogP contribution in [0.1, 0.15) is 15.9 Å². The van der Waals surface area contributed by atoms with Crippen LogP contribution in [0.2, 0.25) is 0 Å². The molecule has 0 fully saturated rings. The van der Waals surface area contributed by atoms with Crippen LogP contribution in [0.3, 0.4) is 0 Å². The average molecular weight is 215 g/mol. The Bertz CT molecular complexity index is 537. The Labute approximate surface area is 92.8 Å². The summed E-state index contributed by atoms with van der Waals surface area (Å²) in [5.41, 5.74) is 2.12.